The van der Waals surface area contributed by atoms with Gasteiger partial charge in [0, 0.05) is 28.4 Å². The van der Waals surface area contributed by atoms with Crippen LogP contribution in [0.25, 0.3) is 10.9 Å². The molecule has 1 aromatic carbocycles. The van der Waals surface area contributed by atoms with Crippen molar-refractivity contribution in [2.45, 2.75) is 18.9 Å². The molecule has 104 valence electrons. The Hall–Kier alpha value is -2.01. The van der Waals surface area contributed by atoms with Crippen LogP contribution in [0.15, 0.2) is 24.3 Å². The Kier molecular flexibility index (Phi) is 3.36. The smallest absolute Gasteiger partial charge is 0.307 e. The molecule has 1 aliphatic rings. The Morgan fingerprint density at radius 1 is 1.40 bits per heavy atom. The fourth-order valence-electron chi connectivity index (χ4n) is 2.29. The lowest BCUT2D eigenvalue weighted by atomic mass is 10.1. The molecule has 1 unspecified atom stereocenters. The number of aromatic nitrogens is 1. The number of nitrogens with one attached hydrogen (secondary N) is 2. The molecule has 1 amide bonds. The fraction of sp³-hybridized carbons (Fsp3) is 0.286. The van der Waals surface area contributed by atoms with Crippen LogP contribution < -0.4 is 5.32 Å². The summed E-state index contributed by atoms with van der Waals surface area (Å²) in [4.78, 5) is 26.4. The number of hydrogen-bond donors (Lipinski definition) is 2. The standard InChI is InChI=1S/C14H13ClN2O3/c15-9-1-2-11-8(5-9)6-12(17-11)14(19)16-10-3-4-20-13(18)7-10/h1-2,5-6,10,17H,3-4,7H2,(H,16,19). The van der Waals surface area contributed by atoms with Gasteiger partial charge in [-0.1, -0.05) is 11.6 Å². The van der Waals surface area contributed by atoms with E-state index in [4.69, 9.17) is 16.3 Å². The molecule has 6 heteroatoms. The van der Waals surface area contributed by atoms with Gasteiger partial charge in [-0.2, -0.15) is 0 Å². The van der Waals surface area contributed by atoms with E-state index in [2.05, 4.69) is 10.3 Å². The quantitative estimate of drug-likeness (QED) is 0.834. The molecule has 0 spiro atoms. The number of fused-ring (bicyclic) bond motifs is 1. The van der Waals surface area contributed by atoms with Crippen LogP contribution in [0.3, 0.4) is 0 Å². The largest absolute Gasteiger partial charge is 0.466 e. The van der Waals surface area contributed by atoms with E-state index in [0.717, 1.165) is 10.9 Å². The molecule has 20 heavy (non-hydrogen) atoms. The second kappa shape index (κ2) is 5.17. The predicted octanol–water partition coefficient (Wildman–Crippen LogP) is 2.26. The summed E-state index contributed by atoms with van der Waals surface area (Å²) in [6, 6.07) is 6.96. The summed E-state index contributed by atoms with van der Waals surface area (Å²) in [6.07, 6.45) is 0.862. The first kappa shape index (κ1) is 13.0. The molecule has 3 rings (SSSR count). The highest BCUT2D eigenvalue weighted by molar-refractivity contribution is 6.31. The molecular formula is C14H13ClN2O3. The van der Waals surface area contributed by atoms with E-state index in [1.165, 1.54) is 0 Å². The SMILES string of the molecule is O=C1CC(NC(=O)c2cc3cc(Cl)ccc3[nH]2)CCO1. The lowest BCUT2D eigenvalue weighted by Crippen LogP contribution is -2.40. The minimum absolute atomic E-state index is 0.168. The number of halogens is 1. The monoisotopic (exact) mass is 292 g/mol. The van der Waals surface area contributed by atoms with Gasteiger partial charge in [0.2, 0.25) is 0 Å². The third kappa shape index (κ3) is 2.63. The number of carbonyl (C=O) groups excluding carboxylic acids is 2. The van der Waals surface area contributed by atoms with Crippen molar-refractivity contribution < 1.29 is 14.3 Å². The van der Waals surface area contributed by atoms with Crippen LogP contribution in [-0.4, -0.2) is 29.5 Å². The zero-order valence-electron chi connectivity index (χ0n) is 10.6. The Morgan fingerprint density at radius 2 is 2.25 bits per heavy atom. The van der Waals surface area contributed by atoms with Gasteiger partial charge in [0.25, 0.3) is 5.91 Å². The van der Waals surface area contributed by atoms with E-state index in [1.54, 1.807) is 18.2 Å². The number of hydrogen-bond acceptors (Lipinski definition) is 3. The minimum Gasteiger partial charge on any atom is -0.466 e. The maximum Gasteiger partial charge on any atom is 0.307 e. The lowest BCUT2D eigenvalue weighted by Gasteiger charge is -2.21. The lowest BCUT2D eigenvalue weighted by molar-refractivity contribution is -0.147. The molecule has 1 atom stereocenters. The third-order valence-corrected chi connectivity index (χ3v) is 3.54. The summed E-state index contributed by atoms with van der Waals surface area (Å²) < 4.78 is 4.84. The zero-order chi connectivity index (χ0) is 14.1. The molecule has 0 bridgehead atoms. The summed E-state index contributed by atoms with van der Waals surface area (Å²) in [5.41, 5.74) is 1.31. The summed E-state index contributed by atoms with van der Waals surface area (Å²) in [7, 11) is 0. The molecule has 0 aliphatic carbocycles. The van der Waals surface area contributed by atoms with Crippen molar-refractivity contribution in [1.29, 1.82) is 0 Å². The molecule has 2 aromatic rings. The van der Waals surface area contributed by atoms with Gasteiger partial charge in [-0.25, -0.2) is 0 Å². The van der Waals surface area contributed by atoms with Crippen LogP contribution in [0.1, 0.15) is 23.3 Å². The van der Waals surface area contributed by atoms with Crippen molar-refractivity contribution in [1.82, 2.24) is 10.3 Å². The molecule has 0 saturated carbocycles. The van der Waals surface area contributed by atoms with E-state index in [0.29, 0.717) is 23.7 Å². The summed E-state index contributed by atoms with van der Waals surface area (Å²) in [6.45, 7) is 0.353. The minimum atomic E-state index is -0.273. The van der Waals surface area contributed by atoms with E-state index < -0.39 is 0 Å². The van der Waals surface area contributed by atoms with E-state index >= 15 is 0 Å². The molecule has 1 aliphatic heterocycles. The normalized spacial score (nSPS) is 18.9. The number of H-pyrrole nitrogens is 1. The summed E-state index contributed by atoms with van der Waals surface area (Å²) in [5, 5.41) is 4.34. The highest BCUT2D eigenvalue weighted by atomic mass is 35.5. The number of rotatable bonds is 2. The first-order valence-electron chi connectivity index (χ1n) is 6.36. The van der Waals surface area contributed by atoms with Crippen molar-refractivity contribution >= 4 is 34.4 Å². The number of ether oxygens (including phenoxy) is 1. The van der Waals surface area contributed by atoms with Crippen LogP contribution in [0.4, 0.5) is 0 Å². The summed E-state index contributed by atoms with van der Waals surface area (Å²) in [5.74, 6) is -0.498. The van der Waals surface area contributed by atoms with E-state index in [9.17, 15) is 9.59 Å². The van der Waals surface area contributed by atoms with E-state index in [1.807, 2.05) is 6.07 Å². The van der Waals surface area contributed by atoms with Gasteiger partial charge in [-0.05, 0) is 24.3 Å². The number of carbonyl (C=O) groups is 2. The summed E-state index contributed by atoms with van der Waals surface area (Å²) >= 11 is 5.91. The Balaban J connectivity index is 1.76. The molecule has 1 aromatic heterocycles. The van der Waals surface area contributed by atoms with Crippen molar-refractivity contribution in [3.05, 3.63) is 35.0 Å². The van der Waals surface area contributed by atoms with Gasteiger partial charge < -0.3 is 15.0 Å². The maximum atomic E-state index is 12.1. The van der Waals surface area contributed by atoms with Crippen LogP contribution in [0, 0.1) is 0 Å². The Labute approximate surface area is 120 Å². The van der Waals surface area contributed by atoms with Gasteiger partial charge in [0.05, 0.1) is 13.0 Å². The molecule has 1 saturated heterocycles. The molecule has 5 nitrogen and oxygen atoms in total. The highest BCUT2D eigenvalue weighted by Crippen LogP contribution is 2.20. The van der Waals surface area contributed by atoms with Crippen molar-refractivity contribution in [2.75, 3.05) is 6.61 Å². The third-order valence-electron chi connectivity index (χ3n) is 3.31. The van der Waals surface area contributed by atoms with Gasteiger partial charge in [0.1, 0.15) is 5.69 Å². The second-order valence-corrected chi connectivity index (χ2v) is 5.23. The van der Waals surface area contributed by atoms with Crippen LogP contribution >= 0.6 is 11.6 Å². The zero-order valence-corrected chi connectivity index (χ0v) is 11.4. The number of esters is 1. The first-order chi connectivity index (χ1) is 9.61. The van der Waals surface area contributed by atoms with E-state index in [-0.39, 0.29) is 24.3 Å². The van der Waals surface area contributed by atoms with Crippen LogP contribution in [-0.2, 0) is 9.53 Å². The predicted molar refractivity (Wildman–Crippen MR) is 74.8 cm³/mol. The Bertz CT molecular complexity index is 680. The number of amides is 1. The molecule has 2 heterocycles. The molecule has 0 radical (unpaired) electrons. The van der Waals surface area contributed by atoms with Gasteiger partial charge in [-0.15, -0.1) is 0 Å². The number of benzene rings is 1. The highest BCUT2D eigenvalue weighted by Gasteiger charge is 2.23. The van der Waals surface area contributed by atoms with Crippen LogP contribution in [0.2, 0.25) is 5.02 Å². The van der Waals surface area contributed by atoms with Gasteiger partial charge in [0.15, 0.2) is 0 Å². The molecular weight excluding hydrogens is 280 g/mol. The van der Waals surface area contributed by atoms with Gasteiger partial charge >= 0.3 is 5.97 Å². The fourth-order valence-corrected chi connectivity index (χ4v) is 2.47. The molecule has 1 fully saturated rings. The number of aromatic amines is 1. The topological polar surface area (TPSA) is 71.2 Å². The first-order valence-corrected chi connectivity index (χ1v) is 6.74. The number of cyclic esters (lactones) is 1. The van der Waals surface area contributed by atoms with Crippen molar-refractivity contribution in [3.8, 4) is 0 Å². The Morgan fingerprint density at radius 3 is 3.05 bits per heavy atom. The van der Waals surface area contributed by atoms with Crippen LogP contribution in [0.5, 0.6) is 0 Å². The average Bonchev–Trinajstić information content (AvgIpc) is 2.81. The maximum absolute atomic E-state index is 12.1. The van der Waals surface area contributed by atoms with Crippen molar-refractivity contribution in [2.24, 2.45) is 0 Å². The second-order valence-electron chi connectivity index (χ2n) is 4.80. The van der Waals surface area contributed by atoms with Crippen molar-refractivity contribution in [3.63, 3.8) is 0 Å². The van der Waals surface area contributed by atoms with Gasteiger partial charge in [-0.3, -0.25) is 9.59 Å². The molecule has 2 N–H and O–H groups in total. The average molecular weight is 293 g/mol.